The number of ether oxygens (including phenoxy) is 2. The minimum atomic E-state index is -0.339. The van der Waals surface area contributed by atoms with E-state index in [0.29, 0.717) is 24.0 Å². The van der Waals surface area contributed by atoms with Crippen LogP contribution in [0.4, 0.5) is 0 Å². The molecule has 1 rings (SSSR count). The van der Waals surface area contributed by atoms with Crippen molar-refractivity contribution in [3.8, 4) is 11.8 Å². The number of aromatic nitrogens is 2. The van der Waals surface area contributed by atoms with Crippen LogP contribution in [-0.2, 0) is 4.79 Å². The van der Waals surface area contributed by atoms with Crippen LogP contribution in [0.25, 0.3) is 0 Å². The van der Waals surface area contributed by atoms with E-state index in [-0.39, 0.29) is 11.7 Å². The average molecular weight is 224 g/mol. The summed E-state index contributed by atoms with van der Waals surface area (Å²) >= 11 is 0. The first-order valence-corrected chi connectivity index (χ1v) is 5.12. The van der Waals surface area contributed by atoms with E-state index in [4.69, 9.17) is 9.47 Å². The van der Waals surface area contributed by atoms with Crippen molar-refractivity contribution in [3.63, 3.8) is 0 Å². The number of carbonyl (C=O) groups is 1. The highest BCUT2D eigenvalue weighted by molar-refractivity contribution is 5.84. The van der Waals surface area contributed by atoms with Gasteiger partial charge >= 0.3 is 0 Å². The number of carbonyl (C=O) groups excluding carboxylic acids is 1. The van der Waals surface area contributed by atoms with E-state index < -0.39 is 0 Å². The highest BCUT2D eigenvalue weighted by Crippen LogP contribution is 2.21. The second-order valence-electron chi connectivity index (χ2n) is 3.35. The molecule has 1 atom stereocenters. The molecule has 0 aliphatic carbocycles. The minimum Gasteiger partial charge on any atom is -0.481 e. The van der Waals surface area contributed by atoms with Crippen LogP contribution < -0.4 is 9.47 Å². The third-order valence-corrected chi connectivity index (χ3v) is 2.33. The van der Waals surface area contributed by atoms with Crippen molar-refractivity contribution in [2.45, 2.75) is 26.2 Å². The maximum absolute atomic E-state index is 11.5. The lowest BCUT2D eigenvalue weighted by Gasteiger charge is -2.10. The van der Waals surface area contributed by atoms with E-state index in [9.17, 15) is 4.79 Å². The summed E-state index contributed by atoms with van der Waals surface area (Å²) in [4.78, 5) is 19.8. The van der Waals surface area contributed by atoms with Crippen molar-refractivity contribution < 1.29 is 14.3 Å². The first-order chi connectivity index (χ1) is 7.62. The molecule has 5 heteroatoms. The zero-order valence-electron chi connectivity index (χ0n) is 9.98. The van der Waals surface area contributed by atoms with Crippen LogP contribution in [-0.4, -0.2) is 30.0 Å². The number of ketones is 1. The van der Waals surface area contributed by atoms with E-state index in [1.807, 2.05) is 6.92 Å². The fraction of sp³-hybridized carbons (Fsp3) is 0.545. The Labute approximate surface area is 94.8 Å². The molecule has 0 N–H and O–H groups in total. The summed E-state index contributed by atoms with van der Waals surface area (Å²) in [6.07, 6.45) is 0.462. The molecule has 0 aliphatic rings. The summed E-state index contributed by atoms with van der Waals surface area (Å²) in [7, 11) is 3.02. The van der Waals surface area contributed by atoms with Gasteiger partial charge in [0.2, 0.25) is 11.8 Å². The minimum absolute atomic E-state index is 0.0929. The van der Waals surface area contributed by atoms with Crippen molar-refractivity contribution in [2.75, 3.05) is 14.2 Å². The van der Waals surface area contributed by atoms with Crippen LogP contribution in [0, 0.1) is 0 Å². The maximum Gasteiger partial charge on any atom is 0.220 e. The van der Waals surface area contributed by atoms with Crippen LogP contribution in [0.1, 0.15) is 32.0 Å². The normalized spacial score (nSPS) is 12.0. The fourth-order valence-corrected chi connectivity index (χ4v) is 1.27. The van der Waals surface area contributed by atoms with Gasteiger partial charge in [-0.1, -0.05) is 6.92 Å². The molecule has 0 aliphatic heterocycles. The largest absolute Gasteiger partial charge is 0.481 e. The van der Waals surface area contributed by atoms with Gasteiger partial charge in [-0.25, -0.2) is 0 Å². The van der Waals surface area contributed by atoms with Crippen molar-refractivity contribution in [1.29, 1.82) is 0 Å². The molecule has 0 spiro atoms. The van der Waals surface area contributed by atoms with Crippen molar-refractivity contribution in [2.24, 2.45) is 0 Å². The van der Waals surface area contributed by atoms with Gasteiger partial charge in [-0.05, 0) is 6.92 Å². The third kappa shape index (κ3) is 2.68. The summed E-state index contributed by atoms with van der Waals surface area (Å²) in [5, 5.41) is 0. The van der Waals surface area contributed by atoms with Gasteiger partial charge < -0.3 is 9.47 Å². The molecule has 1 unspecified atom stereocenters. The number of hydrogen-bond acceptors (Lipinski definition) is 5. The van der Waals surface area contributed by atoms with Crippen molar-refractivity contribution >= 4 is 5.78 Å². The van der Waals surface area contributed by atoms with E-state index in [1.54, 1.807) is 13.0 Å². The summed E-state index contributed by atoms with van der Waals surface area (Å²) in [5.41, 5.74) is 0. The highest BCUT2D eigenvalue weighted by atomic mass is 16.5. The predicted octanol–water partition coefficient (Wildman–Crippen LogP) is 1.58. The van der Waals surface area contributed by atoms with Gasteiger partial charge in [0, 0.05) is 6.42 Å². The molecule has 0 aromatic carbocycles. The number of methoxy groups -OCH3 is 2. The number of rotatable bonds is 5. The van der Waals surface area contributed by atoms with Crippen LogP contribution >= 0.6 is 0 Å². The first kappa shape index (κ1) is 12.4. The Morgan fingerprint density at radius 1 is 1.31 bits per heavy atom. The zero-order valence-corrected chi connectivity index (χ0v) is 9.98. The molecule has 0 bridgehead atoms. The van der Waals surface area contributed by atoms with Gasteiger partial charge in [-0.15, -0.1) is 0 Å². The molecule has 0 fully saturated rings. The quantitative estimate of drug-likeness (QED) is 0.759. The lowest BCUT2D eigenvalue weighted by molar-refractivity contribution is -0.120. The second-order valence-corrected chi connectivity index (χ2v) is 3.35. The number of nitrogens with zero attached hydrogens (tertiary/aromatic N) is 2. The molecule has 1 heterocycles. The van der Waals surface area contributed by atoms with Gasteiger partial charge in [0.15, 0.2) is 0 Å². The Balaban J connectivity index is 3.07. The summed E-state index contributed by atoms with van der Waals surface area (Å²) in [5.74, 6) is 0.988. The zero-order chi connectivity index (χ0) is 12.1. The highest BCUT2D eigenvalue weighted by Gasteiger charge is 2.18. The topological polar surface area (TPSA) is 61.3 Å². The van der Waals surface area contributed by atoms with E-state index in [0.717, 1.165) is 0 Å². The fourth-order valence-electron chi connectivity index (χ4n) is 1.27. The standard InChI is InChI=1S/C11H16N2O3/c1-5-8(14)7(2)11-12-9(15-3)6-10(13-11)16-4/h6-7H,5H2,1-4H3. The molecule has 16 heavy (non-hydrogen) atoms. The molecule has 0 saturated heterocycles. The van der Waals surface area contributed by atoms with E-state index >= 15 is 0 Å². The van der Waals surface area contributed by atoms with Crippen LogP contribution in [0.2, 0.25) is 0 Å². The molecule has 0 saturated carbocycles. The summed E-state index contributed by atoms with van der Waals surface area (Å²) in [6.45, 7) is 3.59. The number of Topliss-reactive ketones (excluding diaryl/α,β-unsaturated/α-hetero) is 1. The molecular weight excluding hydrogens is 208 g/mol. The molecule has 0 amide bonds. The van der Waals surface area contributed by atoms with Gasteiger partial charge in [-0.3, -0.25) is 4.79 Å². The lowest BCUT2D eigenvalue weighted by Crippen LogP contribution is -2.12. The van der Waals surface area contributed by atoms with E-state index in [2.05, 4.69) is 9.97 Å². The van der Waals surface area contributed by atoms with Gasteiger partial charge in [0.1, 0.15) is 11.6 Å². The smallest absolute Gasteiger partial charge is 0.220 e. The molecule has 88 valence electrons. The van der Waals surface area contributed by atoms with Crippen molar-refractivity contribution in [3.05, 3.63) is 11.9 Å². The third-order valence-electron chi connectivity index (χ3n) is 2.33. The predicted molar refractivity (Wildman–Crippen MR) is 58.8 cm³/mol. The van der Waals surface area contributed by atoms with Crippen molar-refractivity contribution in [1.82, 2.24) is 9.97 Å². The SMILES string of the molecule is CCC(=O)C(C)c1nc(OC)cc(OC)n1. The molecule has 1 aromatic rings. The molecule has 1 aromatic heterocycles. The second kappa shape index (κ2) is 5.44. The Kier molecular flexibility index (Phi) is 4.22. The van der Waals surface area contributed by atoms with E-state index in [1.165, 1.54) is 14.2 Å². The monoisotopic (exact) mass is 224 g/mol. The van der Waals surface area contributed by atoms with Gasteiger partial charge in [0.25, 0.3) is 0 Å². The van der Waals surface area contributed by atoms with Crippen LogP contribution in [0.15, 0.2) is 6.07 Å². The van der Waals surface area contributed by atoms with Gasteiger partial charge in [-0.2, -0.15) is 9.97 Å². The Bertz CT molecular complexity index is 357. The first-order valence-electron chi connectivity index (χ1n) is 5.12. The average Bonchev–Trinajstić information content (AvgIpc) is 2.35. The number of hydrogen-bond donors (Lipinski definition) is 0. The lowest BCUT2D eigenvalue weighted by atomic mass is 10.0. The van der Waals surface area contributed by atoms with Crippen LogP contribution in [0.5, 0.6) is 11.8 Å². The van der Waals surface area contributed by atoms with Gasteiger partial charge in [0.05, 0.1) is 26.2 Å². The molecule has 0 radical (unpaired) electrons. The Morgan fingerprint density at radius 2 is 1.81 bits per heavy atom. The summed E-state index contributed by atoms with van der Waals surface area (Å²) < 4.78 is 10.0. The molecule has 5 nitrogen and oxygen atoms in total. The summed E-state index contributed by atoms with van der Waals surface area (Å²) in [6, 6.07) is 1.58. The van der Waals surface area contributed by atoms with Crippen LogP contribution in [0.3, 0.4) is 0 Å². The maximum atomic E-state index is 11.5. The Morgan fingerprint density at radius 3 is 2.19 bits per heavy atom. The Hall–Kier alpha value is -1.65. The molecular formula is C11H16N2O3.